The van der Waals surface area contributed by atoms with Gasteiger partial charge in [-0.3, -0.25) is 4.68 Å². The molecular formula is C7H10N2. The Morgan fingerprint density at radius 3 is 2.89 bits per heavy atom. The topological polar surface area (TPSA) is 17.8 Å². The second-order valence-corrected chi connectivity index (χ2v) is 2.73. The molecule has 9 heavy (non-hydrogen) atoms. The average Bonchev–Trinajstić information content (AvgIpc) is 2.58. The predicted molar refractivity (Wildman–Crippen MR) is 35.2 cm³/mol. The molecule has 0 amide bonds. The summed E-state index contributed by atoms with van der Waals surface area (Å²) in [6.07, 6.45) is 6.66. The van der Waals surface area contributed by atoms with Crippen LogP contribution in [0.15, 0.2) is 12.4 Å². The van der Waals surface area contributed by atoms with Gasteiger partial charge in [0, 0.05) is 6.20 Å². The molecule has 0 N–H and O–H groups in total. The van der Waals surface area contributed by atoms with Gasteiger partial charge in [-0.1, -0.05) is 0 Å². The van der Waals surface area contributed by atoms with Crippen LogP contribution in [-0.2, 0) is 0 Å². The Labute approximate surface area is 54.5 Å². The Kier molecular flexibility index (Phi) is 0.891. The molecule has 1 aliphatic carbocycles. The van der Waals surface area contributed by atoms with E-state index in [1.807, 2.05) is 6.20 Å². The van der Waals surface area contributed by atoms with Gasteiger partial charge in [0.15, 0.2) is 0 Å². The lowest BCUT2D eigenvalue weighted by atomic mass is 10.4. The highest BCUT2D eigenvalue weighted by atomic mass is 15.3. The van der Waals surface area contributed by atoms with Gasteiger partial charge in [0.1, 0.15) is 0 Å². The van der Waals surface area contributed by atoms with Crippen molar-refractivity contribution in [3.63, 3.8) is 0 Å². The Morgan fingerprint density at radius 1 is 1.67 bits per heavy atom. The highest BCUT2D eigenvalue weighted by Gasteiger charge is 2.23. The Hall–Kier alpha value is -0.790. The molecule has 48 valence electrons. The summed E-state index contributed by atoms with van der Waals surface area (Å²) in [4.78, 5) is 0. The molecule has 1 aromatic rings. The molecule has 0 aliphatic heterocycles. The van der Waals surface area contributed by atoms with Crippen LogP contribution in [0.3, 0.4) is 0 Å². The molecular weight excluding hydrogens is 112 g/mol. The highest BCUT2D eigenvalue weighted by Crippen LogP contribution is 2.33. The highest BCUT2D eigenvalue weighted by molar-refractivity contribution is 5.01. The third-order valence-electron chi connectivity index (χ3n) is 1.65. The van der Waals surface area contributed by atoms with Gasteiger partial charge in [-0.25, -0.2) is 0 Å². The number of aromatic nitrogens is 2. The van der Waals surface area contributed by atoms with Crippen LogP contribution in [0.1, 0.15) is 24.4 Å². The standard InChI is InChI=1S/C7H10N2/c1-6-4-8-9(5-6)7-2-3-7/h4-5,7H,2-3H2,1H3. The number of rotatable bonds is 1. The molecule has 0 aromatic carbocycles. The van der Waals surface area contributed by atoms with Crippen molar-refractivity contribution >= 4 is 0 Å². The molecule has 1 aromatic heterocycles. The molecule has 2 nitrogen and oxygen atoms in total. The van der Waals surface area contributed by atoms with E-state index in [-0.39, 0.29) is 0 Å². The summed E-state index contributed by atoms with van der Waals surface area (Å²) in [7, 11) is 0. The fourth-order valence-electron chi connectivity index (χ4n) is 0.972. The van der Waals surface area contributed by atoms with E-state index in [0.29, 0.717) is 0 Å². The van der Waals surface area contributed by atoms with Crippen LogP contribution in [0.2, 0.25) is 0 Å². The first kappa shape index (κ1) is 5.03. The number of aryl methyl sites for hydroxylation is 1. The van der Waals surface area contributed by atoms with Gasteiger partial charge in [-0.2, -0.15) is 5.10 Å². The molecule has 2 rings (SSSR count). The van der Waals surface area contributed by atoms with Crippen LogP contribution >= 0.6 is 0 Å². The third kappa shape index (κ3) is 0.846. The van der Waals surface area contributed by atoms with Crippen molar-refractivity contribution in [2.75, 3.05) is 0 Å². The fourth-order valence-corrected chi connectivity index (χ4v) is 0.972. The monoisotopic (exact) mass is 122 g/mol. The Morgan fingerprint density at radius 2 is 2.44 bits per heavy atom. The number of hydrogen-bond acceptors (Lipinski definition) is 1. The third-order valence-corrected chi connectivity index (χ3v) is 1.65. The quantitative estimate of drug-likeness (QED) is 0.552. The summed E-state index contributed by atoms with van der Waals surface area (Å²) in [5.41, 5.74) is 1.27. The minimum atomic E-state index is 0.735. The van der Waals surface area contributed by atoms with E-state index in [0.717, 1.165) is 6.04 Å². The molecule has 0 atom stereocenters. The Bertz CT molecular complexity index is 210. The van der Waals surface area contributed by atoms with E-state index in [4.69, 9.17) is 0 Å². The lowest BCUT2D eigenvalue weighted by molar-refractivity contribution is 0.641. The summed E-state index contributed by atoms with van der Waals surface area (Å²) in [6, 6.07) is 0.735. The maximum Gasteiger partial charge on any atom is 0.0520 e. The van der Waals surface area contributed by atoms with E-state index >= 15 is 0 Å². The summed E-state index contributed by atoms with van der Waals surface area (Å²) < 4.78 is 2.06. The molecule has 1 aliphatic rings. The van der Waals surface area contributed by atoms with Crippen LogP contribution in [0.4, 0.5) is 0 Å². The smallest absolute Gasteiger partial charge is 0.0520 e. The van der Waals surface area contributed by atoms with Crippen molar-refractivity contribution in [2.45, 2.75) is 25.8 Å². The van der Waals surface area contributed by atoms with Crippen LogP contribution in [0, 0.1) is 6.92 Å². The first-order valence-corrected chi connectivity index (χ1v) is 3.37. The second kappa shape index (κ2) is 1.59. The summed E-state index contributed by atoms with van der Waals surface area (Å²) in [6.45, 7) is 2.08. The molecule has 1 fully saturated rings. The first-order chi connectivity index (χ1) is 4.36. The molecule has 0 unspecified atom stereocenters. The second-order valence-electron chi connectivity index (χ2n) is 2.73. The molecule has 0 radical (unpaired) electrons. The SMILES string of the molecule is Cc1cnn(C2CC2)c1. The summed E-state index contributed by atoms with van der Waals surface area (Å²) in [5.74, 6) is 0. The van der Waals surface area contributed by atoms with Gasteiger partial charge in [0.05, 0.1) is 12.2 Å². The van der Waals surface area contributed by atoms with Crippen molar-refractivity contribution in [3.05, 3.63) is 18.0 Å². The van der Waals surface area contributed by atoms with Crippen LogP contribution in [0.5, 0.6) is 0 Å². The van der Waals surface area contributed by atoms with Crippen LogP contribution in [0.25, 0.3) is 0 Å². The Balaban J connectivity index is 2.28. The number of nitrogens with zero attached hydrogens (tertiary/aromatic N) is 2. The van der Waals surface area contributed by atoms with Crippen molar-refractivity contribution in [1.82, 2.24) is 9.78 Å². The van der Waals surface area contributed by atoms with Crippen molar-refractivity contribution in [1.29, 1.82) is 0 Å². The average molecular weight is 122 g/mol. The van der Waals surface area contributed by atoms with Crippen molar-refractivity contribution < 1.29 is 0 Å². The maximum atomic E-state index is 4.19. The largest absolute Gasteiger partial charge is 0.269 e. The van der Waals surface area contributed by atoms with E-state index in [2.05, 4.69) is 22.9 Å². The van der Waals surface area contributed by atoms with Gasteiger partial charge in [-0.05, 0) is 25.3 Å². The van der Waals surface area contributed by atoms with Crippen molar-refractivity contribution in [2.24, 2.45) is 0 Å². The van der Waals surface area contributed by atoms with E-state index < -0.39 is 0 Å². The zero-order valence-corrected chi connectivity index (χ0v) is 5.54. The zero-order valence-electron chi connectivity index (χ0n) is 5.54. The maximum absolute atomic E-state index is 4.19. The lowest BCUT2D eigenvalue weighted by Crippen LogP contribution is -1.91. The van der Waals surface area contributed by atoms with Crippen LogP contribution < -0.4 is 0 Å². The van der Waals surface area contributed by atoms with Crippen LogP contribution in [-0.4, -0.2) is 9.78 Å². The first-order valence-electron chi connectivity index (χ1n) is 3.37. The molecule has 1 saturated carbocycles. The fraction of sp³-hybridized carbons (Fsp3) is 0.571. The van der Waals surface area contributed by atoms with Gasteiger partial charge >= 0.3 is 0 Å². The van der Waals surface area contributed by atoms with Gasteiger partial charge in [0.25, 0.3) is 0 Å². The molecule has 2 heteroatoms. The van der Waals surface area contributed by atoms with E-state index in [9.17, 15) is 0 Å². The lowest BCUT2D eigenvalue weighted by Gasteiger charge is -1.91. The molecule has 1 heterocycles. The minimum absolute atomic E-state index is 0.735. The van der Waals surface area contributed by atoms with Gasteiger partial charge in [0.2, 0.25) is 0 Å². The summed E-state index contributed by atoms with van der Waals surface area (Å²) in [5, 5.41) is 4.19. The number of hydrogen-bond donors (Lipinski definition) is 0. The van der Waals surface area contributed by atoms with Gasteiger partial charge < -0.3 is 0 Å². The molecule has 0 saturated heterocycles. The summed E-state index contributed by atoms with van der Waals surface area (Å²) >= 11 is 0. The van der Waals surface area contributed by atoms with Crippen molar-refractivity contribution in [3.8, 4) is 0 Å². The minimum Gasteiger partial charge on any atom is -0.269 e. The predicted octanol–water partition coefficient (Wildman–Crippen LogP) is 1.53. The van der Waals surface area contributed by atoms with E-state index in [1.54, 1.807) is 0 Å². The normalized spacial score (nSPS) is 18.3. The molecule has 0 spiro atoms. The van der Waals surface area contributed by atoms with E-state index in [1.165, 1.54) is 18.4 Å². The van der Waals surface area contributed by atoms with Gasteiger partial charge in [-0.15, -0.1) is 0 Å². The zero-order chi connectivity index (χ0) is 6.27. The molecule has 0 bridgehead atoms.